The number of nitrogens with one attached hydrogen (secondary N) is 1. The van der Waals surface area contributed by atoms with Gasteiger partial charge in [-0.2, -0.15) is 5.10 Å². The molecule has 0 aliphatic carbocycles. The van der Waals surface area contributed by atoms with Crippen LogP contribution >= 0.6 is 0 Å². The Bertz CT molecular complexity index is 315. The molecule has 0 aliphatic heterocycles. The highest BCUT2D eigenvalue weighted by molar-refractivity contribution is 4.91. The molecule has 1 heterocycles. The second-order valence-electron chi connectivity index (χ2n) is 5.01. The Morgan fingerprint density at radius 2 is 1.89 bits per heavy atom. The van der Waals surface area contributed by atoms with Crippen LogP contribution in [0.25, 0.3) is 0 Å². The fraction of sp³-hybridized carbons (Fsp3) is 0.857. The lowest BCUT2D eigenvalue weighted by atomic mass is 9.88. The zero-order valence-corrected chi connectivity index (χ0v) is 12.3. The van der Waals surface area contributed by atoms with E-state index in [2.05, 4.69) is 36.2 Å². The molecular weight excluding hydrogens is 224 g/mol. The van der Waals surface area contributed by atoms with Gasteiger partial charge >= 0.3 is 0 Å². The summed E-state index contributed by atoms with van der Waals surface area (Å²) in [7, 11) is 1.97. The van der Waals surface area contributed by atoms with Gasteiger partial charge < -0.3 is 5.32 Å². The molecule has 0 spiro atoms. The van der Waals surface area contributed by atoms with Crippen molar-refractivity contribution >= 4 is 0 Å². The van der Waals surface area contributed by atoms with Crippen molar-refractivity contribution < 1.29 is 0 Å². The summed E-state index contributed by atoms with van der Waals surface area (Å²) in [6, 6.07) is 0.526. The second kappa shape index (κ2) is 8.25. The van der Waals surface area contributed by atoms with Crippen molar-refractivity contribution in [3.63, 3.8) is 0 Å². The van der Waals surface area contributed by atoms with Gasteiger partial charge in [-0.25, -0.2) is 4.98 Å². The Morgan fingerprint density at radius 3 is 2.33 bits per heavy atom. The molecule has 0 saturated heterocycles. The minimum absolute atomic E-state index is 0.526. The molecule has 1 rings (SSSR count). The normalized spacial score (nSPS) is 13.2. The third-order valence-corrected chi connectivity index (χ3v) is 3.56. The van der Waals surface area contributed by atoms with Gasteiger partial charge in [0.1, 0.15) is 12.2 Å². The Hall–Kier alpha value is -0.900. The molecule has 1 aromatic rings. The smallest absolute Gasteiger partial charge is 0.138 e. The van der Waals surface area contributed by atoms with E-state index in [9.17, 15) is 0 Å². The van der Waals surface area contributed by atoms with Crippen molar-refractivity contribution in [3.8, 4) is 0 Å². The number of rotatable bonds is 9. The molecule has 4 heteroatoms. The first-order valence-corrected chi connectivity index (χ1v) is 7.29. The van der Waals surface area contributed by atoms with E-state index in [0.717, 1.165) is 24.7 Å². The Labute approximate surface area is 111 Å². The number of aryl methyl sites for hydroxylation is 1. The molecule has 1 N–H and O–H groups in total. The maximum Gasteiger partial charge on any atom is 0.138 e. The minimum Gasteiger partial charge on any atom is -0.314 e. The van der Waals surface area contributed by atoms with Crippen LogP contribution in [0.1, 0.15) is 52.3 Å². The van der Waals surface area contributed by atoms with Gasteiger partial charge in [-0.3, -0.25) is 4.68 Å². The van der Waals surface area contributed by atoms with Gasteiger partial charge in [-0.05, 0) is 25.3 Å². The van der Waals surface area contributed by atoms with Crippen LogP contribution in [-0.2, 0) is 13.5 Å². The van der Waals surface area contributed by atoms with Crippen molar-refractivity contribution in [1.82, 2.24) is 20.1 Å². The number of likely N-dealkylation sites (N-methyl/N-ethyl adjacent to an activating group) is 1. The standard InChI is InChI=1S/C14H28N4/c1-5-8-12(9-6-2)13(15-7-3)10-14-16-11-17-18(14)4/h11-13,15H,5-10H2,1-4H3. The first kappa shape index (κ1) is 15.2. The zero-order valence-electron chi connectivity index (χ0n) is 12.3. The van der Waals surface area contributed by atoms with Crippen molar-refractivity contribution in [1.29, 1.82) is 0 Å². The van der Waals surface area contributed by atoms with Gasteiger partial charge in [0, 0.05) is 19.5 Å². The largest absolute Gasteiger partial charge is 0.314 e. The summed E-state index contributed by atoms with van der Waals surface area (Å²) in [6.07, 6.45) is 7.73. The zero-order chi connectivity index (χ0) is 13.4. The molecule has 0 amide bonds. The quantitative estimate of drug-likeness (QED) is 0.734. The van der Waals surface area contributed by atoms with Gasteiger partial charge in [0.2, 0.25) is 0 Å². The highest BCUT2D eigenvalue weighted by atomic mass is 15.3. The molecule has 104 valence electrons. The molecule has 1 atom stereocenters. The van der Waals surface area contributed by atoms with E-state index in [0.29, 0.717) is 6.04 Å². The van der Waals surface area contributed by atoms with Crippen LogP contribution in [0.4, 0.5) is 0 Å². The Balaban J connectivity index is 2.69. The van der Waals surface area contributed by atoms with Gasteiger partial charge in [-0.1, -0.05) is 33.6 Å². The molecule has 18 heavy (non-hydrogen) atoms. The first-order valence-electron chi connectivity index (χ1n) is 7.29. The molecule has 0 aromatic carbocycles. The van der Waals surface area contributed by atoms with Crippen molar-refractivity contribution in [2.45, 2.75) is 58.9 Å². The number of hydrogen-bond donors (Lipinski definition) is 1. The predicted molar refractivity (Wildman–Crippen MR) is 75.5 cm³/mol. The summed E-state index contributed by atoms with van der Waals surface area (Å²) in [4.78, 5) is 4.35. The highest BCUT2D eigenvalue weighted by Crippen LogP contribution is 2.20. The fourth-order valence-corrected chi connectivity index (χ4v) is 2.66. The molecular formula is C14H28N4. The van der Waals surface area contributed by atoms with Crippen LogP contribution in [0.2, 0.25) is 0 Å². The summed E-state index contributed by atoms with van der Waals surface area (Å²) >= 11 is 0. The summed E-state index contributed by atoms with van der Waals surface area (Å²) < 4.78 is 1.89. The molecule has 0 fully saturated rings. The minimum atomic E-state index is 0.526. The van der Waals surface area contributed by atoms with Gasteiger partial charge in [0.25, 0.3) is 0 Å². The van der Waals surface area contributed by atoms with Crippen LogP contribution in [-0.4, -0.2) is 27.4 Å². The van der Waals surface area contributed by atoms with E-state index >= 15 is 0 Å². The average Bonchev–Trinajstić information content (AvgIpc) is 2.74. The van der Waals surface area contributed by atoms with Gasteiger partial charge in [0.05, 0.1) is 0 Å². The number of hydrogen-bond acceptors (Lipinski definition) is 3. The van der Waals surface area contributed by atoms with Gasteiger partial charge in [-0.15, -0.1) is 0 Å². The lowest BCUT2D eigenvalue weighted by Crippen LogP contribution is -2.38. The summed E-state index contributed by atoms with van der Waals surface area (Å²) in [5.74, 6) is 1.83. The SMILES string of the molecule is CCCC(CCC)C(Cc1ncnn1C)NCC. The van der Waals surface area contributed by atoms with Crippen LogP contribution < -0.4 is 5.32 Å². The van der Waals surface area contributed by atoms with E-state index in [1.807, 2.05) is 11.7 Å². The molecule has 0 bridgehead atoms. The molecule has 1 unspecified atom stereocenters. The highest BCUT2D eigenvalue weighted by Gasteiger charge is 2.21. The van der Waals surface area contributed by atoms with E-state index in [1.54, 1.807) is 6.33 Å². The molecule has 0 radical (unpaired) electrons. The third-order valence-electron chi connectivity index (χ3n) is 3.56. The summed E-state index contributed by atoms with van der Waals surface area (Å²) in [5, 5.41) is 7.80. The summed E-state index contributed by atoms with van der Waals surface area (Å²) in [6.45, 7) is 7.74. The number of nitrogens with zero attached hydrogens (tertiary/aromatic N) is 3. The van der Waals surface area contributed by atoms with Crippen LogP contribution in [0.3, 0.4) is 0 Å². The third kappa shape index (κ3) is 4.41. The van der Waals surface area contributed by atoms with Gasteiger partial charge in [0.15, 0.2) is 0 Å². The number of aromatic nitrogens is 3. The van der Waals surface area contributed by atoms with Crippen molar-refractivity contribution in [2.75, 3.05) is 6.54 Å². The second-order valence-corrected chi connectivity index (χ2v) is 5.01. The molecule has 4 nitrogen and oxygen atoms in total. The van der Waals surface area contributed by atoms with E-state index in [4.69, 9.17) is 0 Å². The van der Waals surface area contributed by atoms with Crippen LogP contribution in [0, 0.1) is 5.92 Å². The van der Waals surface area contributed by atoms with E-state index in [1.165, 1.54) is 25.7 Å². The maximum atomic E-state index is 4.35. The average molecular weight is 252 g/mol. The van der Waals surface area contributed by atoms with Crippen LogP contribution in [0.15, 0.2) is 6.33 Å². The predicted octanol–water partition coefficient (Wildman–Crippen LogP) is 2.55. The molecule has 1 aromatic heterocycles. The monoisotopic (exact) mass is 252 g/mol. The fourth-order valence-electron chi connectivity index (χ4n) is 2.66. The topological polar surface area (TPSA) is 42.7 Å². The molecule has 0 aliphatic rings. The van der Waals surface area contributed by atoms with Crippen molar-refractivity contribution in [2.24, 2.45) is 13.0 Å². The maximum absolute atomic E-state index is 4.35. The summed E-state index contributed by atoms with van der Waals surface area (Å²) in [5.41, 5.74) is 0. The molecule has 0 saturated carbocycles. The first-order chi connectivity index (χ1) is 8.72. The van der Waals surface area contributed by atoms with Crippen molar-refractivity contribution in [3.05, 3.63) is 12.2 Å². The van der Waals surface area contributed by atoms with E-state index in [-0.39, 0.29) is 0 Å². The van der Waals surface area contributed by atoms with Crippen LogP contribution in [0.5, 0.6) is 0 Å². The lowest BCUT2D eigenvalue weighted by molar-refractivity contribution is 0.307. The van der Waals surface area contributed by atoms with E-state index < -0.39 is 0 Å². The lowest BCUT2D eigenvalue weighted by Gasteiger charge is -2.27. The Morgan fingerprint density at radius 1 is 1.22 bits per heavy atom. The Kier molecular flexibility index (Phi) is 6.94.